The van der Waals surface area contributed by atoms with E-state index in [0.29, 0.717) is 12.3 Å². The molecule has 2 aromatic carbocycles. The van der Waals surface area contributed by atoms with Crippen LogP contribution in [0.4, 0.5) is 0 Å². The van der Waals surface area contributed by atoms with Gasteiger partial charge >= 0.3 is 5.69 Å². The fourth-order valence-corrected chi connectivity index (χ4v) is 3.59. The summed E-state index contributed by atoms with van der Waals surface area (Å²) in [5.74, 6) is 0.794. The second-order valence-corrected chi connectivity index (χ2v) is 7.39. The monoisotopic (exact) mass is 418 g/mol. The summed E-state index contributed by atoms with van der Waals surface area (Å²) in [6.45, 7) is 7.34. The summed E-state index contributed by atoms with van der Waals surface area (Å²) in [5.41, 5.74) is 5.45. The van der Waals surface area contributed by atoms with Gasteiger partial charge in [0.05, 0.1) is 11.4 Å². The topological polar surface area (TPSA) is 79.8 Å². The summed E-state index contributed by atoms with van der Waals surface area (Å²) in [4.78, 5) is 12.4. The third kappa shape index (κ3) is 4.01. The molecule has 0 radical (unpaired) electrons. The zero-order valence-corrected chi connectivity index (χ0v) is 18.2. The maximum absolute atomic E-state index is 12.4. The fraction of sp³-hybridized carbons (Fsp3) is 0.304. The van der Waals surface area contributed by atoms with Crippen LogP contribution < -0.4 is 10.4 Å². The van der Waals surface area contributed by atoms with Crippen LogP contribution in [-0.4, -0.2) is 29.6 Å². The Morgan fingerprint density at radius 1 is 1.06 bits per heavy atom. The molecule has 0 amide bonds. The average molecular weight is 419 g/mol. The lowest BCUT2D eigenvalue weighted by Gasteiger charge is -2.15. The maximum Gasteiger partial charge on any atom is 0.368 e. The summed E-state index contributed by atoms with van der Waals surface area (Å²) in [7, 11) is 1.58. The molecule has 0 N–H and O–H groups in total. The molecule has 0 fully saturated rings. The first kappa shape index (κ1) is 20.6. The number of tetrazole rings is 1. The predicted molar refractivity (Wildman–Crippen MR) is 118 cm³/mol. The molecule has 0 aliphatic carbocycles. The first-order valence-electron chi connectivity index (χ1n) is 10.4. The van der Waals surface area contributed by atoms with Gasteiger partial charge in [0.25, 0.3) is 0 Å². The Balaban J connectivity index is 1.62. The minimum atomic E-state index is -0.290. The highest BCUT2D eigenvalue weighted by atomic mass is 16.5. The SMILES string of the molecule is CCc1cccc(-n2nnn(C)c2=O)c1COc1ccc(-c2ccn(CC)n2)cc1C. The van der Waals surface area contributed by atoms with Crippen molar-refractivity contribution in [2.45, 2.75) is 40.3 Å². The van der Waals surface area contributed by atoms with Gasteiger partial charge in [-0.1, -0.05) is 19.1 Å². The van der Waals surface area contributed by atoms with Crippen LogP contribution >= 0.6 is 0 Å². The lowest BCUT2D eigenvalue weighted by atomic mass is 10.0. The van der Waals surface area contributed by atoms with Crippen molar-refractivity contribution in [3.63, 3.8) is 0 Å². The number of hydrogen-bond donors (Lipinski definition) is 0. The van der Waals surface area contributed by atoms with Crippen molar-refractivity contribution < 1.29 is 4.74 Å². The second kappa shape index (κ2) is 8.59. The molecule has 0 aliphatic rings. The van der Waals surface area contributed by atoms with Crippen LogP contribution in [0.3, 0.4) is 0 Å². The fourth-order valence-electron chi connectivity index (χ4n) is 3.59. The van der Waals surface area contributed by atoms with E-state index in [0.717, 1.165) is 46.7 Å². The largest absolute Gasteiger partial charge is 0.489 e. The van der Waals surface area contributed by atoms with Crippen molar-refractivity contribution in [3.8, 4) is 22.7 Å². The number of rotatable bonds is 7. The summed E-state index contributed by atoms with van der Waals surface area (Å²) in [6, 6.07) is 13.9. The van der Waals surface area contributed by atoms with Gasteiger partial charge in [-0.3, -0.25) is 4.68 Å². The third-order valence-electron chi connectivity index (χ3n) is 5.39. The number of benzene rings is 2. The molecule has 4 rings (SSSR count). The minimum absolute atomic E-state index is 0.290. The normalized spacial score (nSPS) is 11.1. The average Bonchev–Trinajstić information content (AvgIpc) is 3.39. The van der Waals surface area contributed by atoms with Crippen LogP contribution in [0.2, 0.25) is 0 Å². The van der Waals surface area contributed by atoms with Gasteiger partial charge in [-0.25, -0.2) is 4.79 Å². The maximum atomic E-state index is 12.4. The molecule has 0 bridgehead atoms. The number of aryl methyl sites for hydroxylation is 4. The van der Waals surface area contributed by atoms with Crippen LogP contribution in [0.1, 0.15) is 30.5 Å². The van der Waals surface area contributed by atoms with E-state index < -0.39 is 0 Å². The van der Waals surface area contributed by atoms with Gasteiger partial charge in [-0.15, -0.1) is 0 Å². The summed E-state index contributed by atoms with van der Waals surface area (Å²) >= 11 is 0. The smallest absolute Gasteiger partial charge is 0.368 e. The Labute approximate surface area is 180 Å². The van der Waals surface area contributed by atoms with E-state index in [1.807, 2.05) is 54.2 Å². The second-order valence-electron chi connectivity index (χ2n) is 7.39. The van der Waals surface area contributed by atoms with Gasteiger partial charge in [-0.05, 0) is 72.2 Å². The highest BCUT2D eigenvalue weighted by Gasteiger charge is 2.15. The first-order chi connectivity index (χ1) is 15.0. The van der Waals surface area contributed by atoms with Crippen LogP contribution in [0.25, 0.3) is 16.9 Å². The molecule has 0 saturated carbocycles. The zero-order chi connectivity index (χ0) is 22.0. The highest BCUT2D eigenvalue weighted by molar-refractivity contribution is 5.61. The molecule has 0 saturated heterocycles. The first-order valence-corrected chi connectivity index (χ1v) is 10.4. The molecule has 0 spiro atoms. The van der Waals surface area contributed by atoms with Gasteiger partial charge in [0.15, 0.2) is 0 Å². The molecule has 31 heavy (non-hydrogen) atoms. The molecule has 0 atom stereocenters. The Morgan fingerprint density at radius 3 is 2.55 bits per heavy atom. The number of ether oxygens (including phenoxy) is 1. The third-order valence-corrected chi connectivity index (χ3v) is 5.39. The molecular weight excluding hydrogens is 392 g/mol. The molecule has 160 valence electrons. The lowest BCUT2D eigenvalue weighted by Crippen LogP contribution is -2.23. The molecule has 8 heteroatoms. The molecular formula is C23H26N6O2. The van der Waals surface area contributed by atoms with Crippen molar-refractivity contribution in [1.29, 1.82) is 0 Å². The predicted octanol–water partition coefficient (Wildman–Crippen LogP) is 3.30. The quantitative estimate of drug-likeness (QED) is 0.460. The molecule has 0 aliphatic heterocycles. The van der Waals surface area contributed by atoms with Crippen molar-refractivity contribution >= 4 is 0 Å². The minimum Gasteiger partial charge on any atom is -0.489 e. The Hall–Kier alpha value is -3.68. The van der Waals surface area contributed by atoms with Crippen LogP contribution in [0.15, 0.2) is 53.5 Å². The van der Waals surface area contributed by atoms with Crippen LogP contribution in [0, 0.1) is 6.92 Å². The van der Waals surface area contributed by atoms with Crippen molar-refractivity contribution in [2.24, 2.45) is 7.05 Å². The molecule has 0 unspecified atom stereocenters. The molecule has 8 nitrogen and oxygen atoms in total. The highest BCUT2D eigenvalue weighted by Crippen LogP contribution is 2.27. The number of hydrogen-bond acceptors (Lipinski definition) is 5. The summed E-state index contributed by atoms with van der Waals surface area (Å²) < 4.78 is 10.6. The van der Waals surface area contributed by atoms with Gasteiger partial charge in [-0.2, -0.15) is 14.5 Å². The van der Waals surface area contributed by atoms with Gasteiger partial charge in [0.1, 0.15) is 12.4 Å². The van der Waals surface area contributed by atoms with E-state index in [9.17, 15) is 4.79 Å². The Kier molecular flexibility index (Phi) is 5.70. The van der Waals surface area contributed by atoms with E-state index in [1.165, 1.54) is 9.36 Å². The van der Waals surface area contributed by atoms with Gasteiger partial charge in [0.2, 0.25) is 0 Å². The standard InChI is InChI=1S/C23H26N6O2/c1-5-17-8-7-9-21(29-23(30)27(4)25-26-29)19(17)15-31-22-11-10-18(14-16(22)3)20-12-13-28(6-2)24-20/h7-14H,5-6,15H2,1-4H3. The number of nitrogens with zero attached hydrogens (tertiary/aromatic N) is 6. The molecule has 2 heterocycles. The van der Waals surface area contributed by atoms with Crippen molar-refractivity contribution in [3.05, 3.63) is 75.8 Å². The molecule has 4 aromatic rings. The van der Waals surface area contributed by atoms with E-state index in [1.54, 1.807) is 7.05 Å². The van der Waals surface area contributed by atoms with Crippen LogP contribution in [-0.2, 0) is 26.6 Å². The van der Waals surface area contributed by atoms with Crippen LogP contribution in [0.5, 0.6) is 5.75 Å². The van der Waals surface area contributed by atoms with Crippen molar-refractivity contribution in [2.75, 3.05) is 0 Å². The van der Waals surface area contributed by atoms with E-state index in [4.69, 9.17) is 4.74 Å². The summed E-state index contributed by atoms with van der Waals surface area (Å²) in [6.07, 6.45) is 2.80. The van der Waals surface area contributed by atoms with Gasteiger partial charge in [0, 0.05) is 30.9 Å². The van der Waals surface area contributed by atoms with E-state index in [2.05, 4.69) is 35.4 Å². The summed E-state index contributed by atoms with van der Waals surface area (Å²) in [5, 5.41) is 12.4. The van der Waals surface area contributed by atoms with E-state index >= 15 is 0 Å². The zero-order valence-electron chi connectivity index (χ0n) is 18.2. The Morgan fingerprint density at radius 2 is 1.90 bits per heavy atom. The Bertz CT molecular complexity index is 1270. The number of aromatic nitrogens is 6. The van der Waals surface area contributed by atoms with Gasteiger partial charge < -0.3 is 4.74 Å². The van der Waals surface area contributed by atoms with E-state index in [-0.39, 0.29) is 5.69 Å². The van der Waals surface area contributed by atoms with Crippen molar-refractivity contribution in [1.82, 2.24) is 29.6 Å². The lowest BCUT2D eigenvalue weighted by molar-refractivity contribution is 0.302. The molecule has 2 aromatic heterocycles.